The first-order valence-corrected chi connectivity index (χ1v) is 7.19. The fourth-order valence-electron chi connectivity index (χ4n) is 2.64. The number of thioether (sulfide) groups is 1. The van der Waals surface area contributed by atoms with E-state index < -0.39 is 4.99 Å². The minimum atomic E-state index is -0.756. The van der Waals surface area contributed by atoms with Crippen molar-refractivity contribution in [2.24, 2.45) is 5.73 Å². The quantitative estimate of drug-likeness (QED) is 0.697. The first-order valence-electron chi connectivity index (χ1n) is 6.37. The fraction of sp³-hybridized carbons (Fsp3) is 0.286. The predicted molar refractivity (Wildman–Crippen MR) is 82.4 cm³/mol. The Hall–Kier alpha value is -1.79. The summed E-state index contributed by atoms with van der Waals surface area (Å²) in [7, 11) is 0. The van der Waals surface area contributed by atoms with E-state index >= 15 is 0 Å². The Kier molecular flexibility index (Phi) is 2.88. The maximum atomic E-state index is 6.58. The minimum absolute atomic E-state index is 0.443. The zero-order valence-electron chi connectivity index (χ0n) is 11.7. The second-order valence-electron chi connectivity index (χ2n) is 5.07. The molecule has 1 aliphatic heterocycles. The third-order valence-corrected chi connectivity index (χ3v) is 4.55. The number of aromatic nitrogens is 2. The van der Waals surface area contributed by atoms with Gasteiger partial charge >= 0.3 is 0 Å². The number of nitrogen functional groups attached to an aromatic ring is 1. The Bertz CT molecular complexity index is 680. The summed E-state index contributed by atoms with van der Waals surface area (Å²) in [5, 5.41) is 4.10. The molecule has 2 aromatic rings. The lowest BCUT2D eigenvalue weighted by atomic mass is 10.00. The molecule has 0 bridgehead atoms. The predicted octanol–water partition coefficient (Wildman–Crippen LogP) is 2.27. The van der Waals surface area contributed by atoms with Crippen LogP contribution in [0.4, 0.5) is 11.5 Å². The van der Waals surface area contributed by atoms with Gasteiger partial charge < -0.3 is 11.1 Å². The van der Waals surface area contributed by atoms with E-state index in [2.05, 4.69) is 41.3 Å². The van der Waals surface area contributed by atoms with Crippen molar-refractivity contribution < 1.29 is 0 Å². The Morgan fingerprint density at radius 1 is 1.15 bits per heavy atom. The normalized spacial score (nSPS) is 20.6. The van der Waals surface area contributed by atoms with Crippen LogP contribution in [0.5, 0.6) is 0 Å². The molecule has 0 amide bonds. The second-order valence-corrected chi connectivity index (χ2v) is 6.30. The third kappa shape index (κ3) is 1.92. The van der Waals surface area contributed by atoms with Gasteiger partial charge in [-0.3, -0.25) is 5.73 Å². The summed E-state index contributed by atoms with van der Waals surface area (Å²) in [4.78, 5) is 7.85. The van der Waals surface area contributed by atoms with Gasteiger partial charge in [-0.15, -0.1) is 0 Å². The van der Waals surface area contributed by atoms with Gasteiger partial charge in [-0.2, -0.15) is 0 Å². The standard InChI is InChI=1S/C14H17N5S/c1-7-5-4-6-8(2)10(7)14(16)19-11-12(15)17-9(3)18-13(11)20-14/h4-6,19H,16H2,1-3H3,(H2,15,17,18). The van der Waals surface area contributed by atoms with Crippen LogP contribution in [-0.2, 0) is 4.99 Å². The molecule has 2 heterocycles. The monoisotopic (exact) mass is 287 g/mol. The van der Waals surface area contributed by atoms with Crippen LogP contribution in [-0.4, -0.2) is 9.97 Å². The fourth-order valence-corrected chi connectivity index (χ4v) is 3.95. The summed E-state index contributed by atoms with van der Waals surface area (Å²) in [6, 6.07) is 6.15. The van der Waals surface area contributed by atoms with Crippen LogP contribution >= 0.6 is 11.8 Å². The van der Waals surface area contributed by atoms with Crippen molar-refractivity contribution in [1.82, 2.24) is 9.97 Å². The highest BCUT2D eigenvalue weighted by Gasteiger charge is 2.40. The molecular formula is C14H17N5S. The van der Waals surface area contributed by atoms with Gasteiger partial charge in [0, 0.05) is 5.56 Å². The molecule has 5 N–H and O–H groups in total. The average Bonchev–Trinajstić information content (AvgIpc) is 2.66. The van der Waals surface area contributed by atoms with E-state index in [0.29, 0.717) is 11.6 Å². The summed E-state index contributed by atoms with van der Waals surface area (Å²) in [5.41, 5.74) is 16.6. The van der Waals surface area contributed by atoms with Crippen LogP contribution < -0.4 is 16.8 Å². The van der Waals surface area contributed by atoms with Crippen molar-refractivity contribution in [2.75, 3.05) is 11.1 Å². The molecule has 1 unspecified atom stereocenters. The zero-order chi connectivity index (χ0) is 14.5. The van der Waals surface area contributed by atoms with Crippen LogP contribution in [0.2, 0.25) is 0 Å². The summed E-state index contributed by atoms with van der Waals surface area (Å²) < 4.78 is 0. The molecule has 0 spiro atoms. The first-order chi connectivity index (χ1) is 9.40. The van der Waals surface area contributed by atoms with Gasteiger partial charge in [-0.05, 0) is 31.9 Å². The van der Waals surface area contributed by atoms with Gasteiger partial charge in [0.05, 0.1) is 0 Å². The van der Waals surface area contributed by atoms with Crippen molar-refractivity contribution in [3.05, 3.63) is 40.7 Å². The molecule has 104 valence electrons. The van der Waals surface area contributed by atoms with Crippen LogP contribution in [0.1, 0.15) is 22.5 Å². The Morgan fingerprint density at radius 2 is 1.80 bits per heavy atom. The number of fused-ring (bicyclic) bond motifs is 1. The van der Waals surface area contributed by atoms with Crippen molar-refractivity contribution >= 4 is 23.3 Å². The highest BCUT2D eigenvalue weighted by molar-refractivity contribution is 8.00. The maximum absolute atomic E-state index is 6.58. The van der Waals surface area contributed by atoms with Crippen molar-refractivity contribution in [3.63, 3.8) is 0 Å². The smallest absolute Gasteiger partial charge is 0.167 e. The molecule has 6 heteroatoms. The van der Waals surface area contributed by atoms with Crippen LogP contribution in [0.25, 0.3) is 0 Å². The number of nitrogens with one attached hydrogen (secondary N) is 1. The van der Waals surface area contributed by atoms with E-state index in [1.807, 2.05) is 13.0 Å². The lowest BCUT2D eigenvalue weighted by Gasteiger charge is -2.27. The van der Waals surface area contributed by atoms with Gasteiger partial charge in [0.1, 0.15) is 16.5 Å². The number of hydrogen-bond donors (Lipinski definition) is 3. The van der Waals surface area contributed by atoms with E-state index in [1.54, 1.807) is 0 Å². The second kappa shape index (κ2) is 4.36. The summed E-state index contributed by atoms with van der Waals surface area (Å²) >= 11 is 1.48. The van der Waals surface area contributed by atoms with E-state index in [4.69, 9.17) is 11.5 Å². The largest absolute Gasteiger partial charge is 0.382 e. The molecule has 1 aromatic heterocycles. The number of nitrogens with two attached hydrogens (primary N) is 2. The van der Waals surface area contributed by atoms with Crippen LogP contribution in [0.3, 0.4) is 0 Å². The van der Waals surface area contributed by atoms with Gasteiger partial charge in [0.15, 0.2) is 10.8 Å². The number of aryl methyl sites for hydroxylation is 3. The van der Waals surface area contributed by atoms with E-state index in [-0.39, 0.29) is 0 Å². The average molecular weight is 287 g/mol. The van der Waals surface area contributed by atoms with Crippen LogP contribution in [0.15, 0.2) is 23.2 Å². The zero-order valence-corrected chi connectivity index (χ0v) is 12.5. The molecule has 1 atom stereocenters. The molecule has 1 aliphatic rings. The molecular weight excluding hydrogens is 270 g/mol. The van der Waals surface area contributed by atoms with Gasteiger partial charge in [0.2, 0.25) is 0 Å². The highest BCUT2D eigenvalue weighted by atomic mass is 32.2. The summed E-state index contributed by atoms with van der Waals surface area (Å²) in [6.45, 7) is 5.94. The number of anilines is 2. The van der Waals surface area contributed by atoms with Gasteiger partial charge in [-0.1, -0.05) is 30.0 Å². The molecule has 0 saturated heterocycles. The number of hydrogen-bond acceptors (Lipinski definition) is 6. The van der Waals surface area contributed by atoms with Crippen molar-refractivity contribution in [3.8, 4) is 0 Å². The van der Waals surface area contributed by atoms with Crippen LogP contribution in [0, 0.1) is 20.8 Å². The Balaban J connectivity index is 2.12. The number of nitrogens with zero attached hydrogens (tertiary/aromatic N) is 2. The van der Waals surface area contributed by atoms with E-state index in [1.165, 1.54) is 11.8 Å². The SMILES string of the molecule is Cc1nc(N)c2c(n1)SC(N)(c1c(C)cccc1C)N2. The van der Waals surface area contributed by atoms with Gasteiger partial charge in [0.25, 0.3) is 0 Å². The van der Waals surface area contributed by atoms with Crippen molar-refractivity contribution in [1.29, 1.82) is 0 Å². The van der Waals surface area contributed by atoms with E-state index in [0.717, 1.165) is 27.4 Å². The Labute approximate surface area is 122 Å². The molecule has 0 aliphatic carbocycles. The maximum Gasteiger partial charge on any atom is 0.167 e. The Morgan fingerprint density at radius 3 is 2.45 bits per heavy atom. The molecule has 3 rings (SSSR count). The highest BCUT2D eigenvalue weighted by Crippen LogP contribution is 2.49. The van der Waals surface area contributed by atoms with Crippen molar-refractivity contribution in [2.45, 2.75) is 30.8 Å². The molecule has 0 radical (unpaired) electrons. The lowest BCUT2D eigenvalue weighted by molar-refractivity contribution is 0.755. The molecule has 1 aromatic carbocycles. The number of rotatable bonds is 1. The molecule has 20 heavy (non-hydrogen) atoms. The lowest BCUT2D eigenvalue weighted by Crippen LogP contribution is -2.39. The minimum Gasteiger partial charge on any atom is -0.382 e. The summed E-state index contributed by atoms with van der Waals surface area (Å²) in [5.74, 6) is 1.10. The first kappa shape index (κ1) is 13.2. The van der Waals surface area contributed by atoms with Gasteiger partial charge in [-0.25, -0.2) is 9.97 Å². The summed E-state index contributed by atoms with van der Waals surface area (Å²) in [6.07, 6.45) is 0. The molecule has 0 saturated carbocycles. The molecule has 5 nitrogen and oxygen atoms in total. The number of benzene rings is 1. The van der Waals surface area contributed by atoms with E-state index in [9.17, 15) is 0 Å². The third-order valence-electron chi connectivity index (χ3n) is 3.44. The molecule has 0 fully saturated rings. The topological polar surface area (TPSA) is 89.8 Å².